The third-order valence-corrected chi connectivity index (χ3v) is 3.71. The summed E-state index contributed by atoms with van der Waals surface area (Å²) < 4.78 is 26.1. The van der Waals surface area contributed by atoms with Gasteiger partial charge in [-0.1, -0.05) is 6.07 Å². The molecule has 0 aromatic heterocycles. The Balaban J connectivity index is 2.71. The second kappa shape index (κ2) is 5.69. The standard InChI is InChI=1S/C10H16N4O3S/c1-7-2-3-9(8(11)6-7)18(16,17)14-5-4-13-10(12)15/h2-3,6,14H,4-5,11H2,1H3,(H3,12,13,15). The summed E-state index contributed by atoms with van der Waals surface area (Å²) in [6.45, 7) is 1.97. The summed E-state index contributed by atoms with van der Waals surface area (Å²) in [6.07, 6.45) is 0. The van der Waals surface area contributed by atoms with Crippen LogP contribution in [-0.2, 0) is 10.0 Å². The molecule has 6 N–H and O–H groups in total. The van der Waals surface area contributed by atoms with Crippen molar-refractivity contribution in [2.24, 2.45) is 5.73 Å². The van der Waals surface area contributed by atoms with Crippen molar-refractivity contribution in [1.82, 2.24) is 10.0 Å². The number of nitrogens with two attached hydrogens (primary N) is 2. The van der Waals surface area contributed by atoms with E-state index in [9.17, 15) is 13.2 Å². The number of carbonyl (C=O) groups is 1. The molecule has 0 aliphatic carbocycles. The Bertz CT molecular complexity index is 542. The predicted octanol–water partition coefficient (Wildman–Crippen LogP) is -0.476. The lowest BCUT2D eigenvalue weighted by molar-refractivity contribution is 0.249. The third-order valence-electron chi connectivity index (χ3n) is 2.17. The molecular weight excluding hydrogens is 256 g/mol. The molecule has 0 spiro atoms. The molecule has 0 saturated carbocycles. The van der Waals surface area contributed by atoms with Crippen LogP contribution < -0.4 is 21.5 Å². The number of hydrogen-bond acceptors (Lipinski definition) is 4. The van der Waals surface area contributed by atoms with Gasteiger partial charge in [-0.15, -0.1) is 0 Å². The number of primary amides is 1. The second-order valence-electron chi connectivity index (χ2n) is 3.73. The van der Waals surface area contributed by atoms with Crippen LogP contribution in [-0.4, -0.2) is 27.5 Å². The molecule has 7 nitrogen and oxygen atoms in total. The highest BCUT2D eigenvalue weighted by molar-refractivity contribution is 7.89. The van der Waals surface area contributed by atoms with E-state index in [0.29, 0.717) is 0 Å². The fraction of sp³-hybridized carbons (Fsp3) is 0.300. The molecule has 0 atom stereocenters. The minimum atomic E-state index is -3.67. The van der Waals surface area contributed by atoms with Crippen molar-refractivity contribution >= 4 is 21.7 Å². The molecule has 18 heavy (non-hydrogen) atoms. The molecule has 0 aliphatic heterocycles. The monoisotopic (exact) mass is 272 g/mol. The van der Waals surface area contributed by atoms with E-state index in [1.165, 1.54) is 6.07 Å². The van der Waals surface area contributed by atoms with E-state index in [1.807, 2.05) is 6.92 Å². The first-order valence-corrected chi connectivity index (χ1v) is 6.70. The van der Waals surface area contributed by atoms with Crippen molar-refractivity contribution < 1.29 is 13.2 Å². The van der Waals surface area contributed by atoms with Gasteiger partial charge in [0.15, 0.2) is 0 Å². The summed E-state index contributed by atoms with van der Waals surface area (Å²) in [5.74, 6) is 0. The molecule has 0 radical (unpaired) electrons. The zero-order chi connectivity index (χ0) is 13.8. The van der Waals surface area contributed by atoms with E-state index in [0.717, 1.165) is 5.56 Å². The largest absolute Gasteiger partial charge is 0.398 e. The molecule has 0 heterocycles. The van der Waals surface area contributed by atoms with Gasteiger partial charge in [-0.2, -0.15) is 0 Å². The van der Waals surface area contributed by atoms with Crippen LogP contribution >= 0.6 is 0 Å². The van der Waals surface area contributed by atoms with Gasteiger partial charge >= 0.3 is 6.03 Å². The van der Waals surface area contributed by atoms with Gasteiger partial charge in [-0.3, -0.25) is 0 Å². The molecule has 8 heteroatoms. The van der Waals surface area contributed by atoms with Crippen molar-refractivity contribution in [3.8, 4) is 0 Å². The highest BCUT2D eigenvalue weighted by Crippen LogP contribution is 2.18. The number of urea groups is 1. The zero-order valence-corrected chi connectivity index (χ0v) is 10.8. The number of sulfonamides is 1. The van der Waals surface area contributed by atoms with Crippen molar-refractivity contribution in [3.63, 3.8) is 0 Å². The van der Waals surface area contributed by atoms with E-state index >= 15 is 0 Å². The van der Waals surface area contributed by atoms with Gasteiger partial charge in [0.05, 0.1) is 5.69 Å². The van der Waals surface area contributed by atoms with Crippen molar-refractivity contribution in [2.45, 2.75) is 11.8 Å². The van der Waals surface area contributed by atoms with Crippen LogP contribution in [0.15, 0.2) is 23.1 Å². The Hall–Kier alpha value is -1.80. The summed E-state index contributed by atoms with van der Waals surface area (Å²) in [4.78, 5) is 10.4. The molecule has 0 fully saturated rings. The lowest BCUT2D eigenvalue weighted by atomic mass is 10.2. The van der Waals surface area contributed by atoms with Crippen LogP contribution in [0.3, 0.4) is 0 Å². The summed E-state index contributed by atoms with van der Waals surface area (Å²) in [7, 11) is -3.67. The first-order chi connectivity index (χ1) is 8.33. The zero-order valence-electron chi connectivity index (χ0n) is 9.93. The SMILES string of the molecule is Cc1ccc(S(=O)(=O)NCCNC(N)=O)c(N)c1. The number of nitrogens with one attached hydrogen (secondary N) is 2. The molecule has 1 aromatic rings. The molecule has 0 unspecified atom stereocenters. The van der Waals surface area contributed by atoms with Gasteiger partial charge in [0.25, 0.3) is 0 Å². The number of amides is 2. The molecule has 1 aromatic carbocycles. The van der Waals surface area contributed by atoms with E-state index in [2.05, 4.69) is 10.0 Å². The molecule has 1 rings (SSSR count). The maximum atomic E-state index is 11.9. The van der Waals surface area contributed by atoms with E-state index in [-0.39, 0.29) is 23.7 Å². The first kappa shape index (κ1) is 14.3. The van der Waals surface area contributed by atoms with Crippen LogP contribution in [0, 0.1) is 6.92 Å². The first-order valence-electron chi connectivity index (χ1n) is 5.22. The number of hydrogen-bond donors (Lipinski definition) is 4. The number of rotatable bonds is 5. The van der Waals surface area contributed by atoms with Gasteiger partial charge < -0.3 is 16.8 Å². The fourth-order valence-electron chi connectivity index (χ4n) is 1.36. The Morgan fingerprint density at radius 1 is 1.33 bits per heavy atom. The van der Waals surface area contributed by atoms with Crippen LogP contribution in [0.1, 0.15) is 5.56 Å². The normalized spacial score (nSPS) is 11.2. The van der Waals surface area contributed by atoms with Crippen LogP contribution in [0.5, 0.6) is 0 Å². The maximum absolute atomic E-state index is 11.9. The predicted molar refractivity (Wildman–Crippen MR) is 68.4 cm³/mol. The number of nitrogen functional groups attached to an aromatic ring is 1. The highest BCUT2D eigenvalue weighted by atomic mass is 32.2. The number of aryl methyl sites for hydroxylation is 1. The van der Waals surface area contributed by atoms with Gasteiger partial charge in [0.2, 0.25) is 10.0 Å². The highest BCUT2D eigenvalue weighted by Gasteiger charge is 2.16. The summed E-state index contributed by atoms with van der Waals surface area (Å²) in [5.41, 5.74) is 11.6. The van der Waals surface area contributed by atoms with E-state index in [4.69, 9.17) is 11.5 Å². The van der Waals surface area contributed by atoms with Crippen molar-refractivity contribution in [2.75, 3.05) is 18.8 Å². The van der Waals surface area contributed by atoms with E-state index in [1.54, 1.807) is 12.1 Å². The summed E-state index contributed by atoms with van der Waals surface area (Å²) in [5, 5.41) is 2.27. The molecular formula is C10H16N4O3S. The van der Waals surface area contributed by atoms with Crippen molar-refractivity contribution in [1.29, 1.82) is 0 Å². The van der Waals surface area contributed by atoms with Gasteiger partial charge in [0.1, 0.15) is 4.90 Å². The van der Waals surface area contributed by atoms with Crippen molar-refractivity contribution in [3.05, 3.63) is 23.8 Å². The number of carbonyl (C=O) groups excluding carboxylic acids is 1. The summed E-state index contributed by atoms with van der Waals surface area (Å²) >= 11 is 0. The number of benzene rings is 1. The quantitative estimate of drug-likeness (QED) is 0.426. The minimum absolute atomic E-state index is 0.0205. The molecule has 100 valence electrons. The Morgan fingerprint density at radius 2 is 2.00 bits per heavy atom. The Morgan fingerprint density at radius 3 is 2.56 bits per heavy atom. The lowest BCUT2D eigenvalue weighted by Crippen LogP contribution is -2.37. The molecule has 2 amide bonds. The van der Waals surface area contributed by atoms with Gasteiger partial charge in [0, 0.05) is 13.1 Å². The van der Waals surface area contributed by atoms with Gasteiger partial charge in [-0.05, 0) is 24.6 Å². The van der Waals surface area contributed by atoms with Crippen LogP contribution in [0.25, 0.3) is 0 Å². The minimum Gasteiger partial charge on any atom is -0.398 e. The van der Waals surface area contributed by atoms with Crippen LogP contribution in [0.2, 0.25) is 0 Å². The second-order valence-corrected chi connectivity index (χ2v) is 5.47. The van der Waals surface area contributed by atoms with Gasteiger partial charge in [-0.25, -0.2) is 17.9 Å². The average molecular weight is 272 g/mol. The molecule has 0 aliphatic rings. The van der Waals surface area contributed by atoms with Crippen LogP contribution in [0.4, 0.5) is 10.5 Å². The topological polar surface area (TPSA) is 127 Å². The van der Waals surface area contributed by atoms with E-state index < -0.39 is 16.1 Å². The average Bonchev–Trinajstić information content (AvgIpc) is 2.23. The Kier molecular flexibility index (Phi) is 4.51. The lowest BCUT2D eigenvalue weighted by Gasteiger charge is -2.09. The fourth-order valence-corrected chi connectivity index (χ4v) is 2.50. The Labute approximate surface area is 106 Å². The maximum Gasteiger partial charge on any atom is 0.312 e. The smallest absolute Gasteiger partial charge is 0.312 e. The summed E-state index contributed by atoms with van der Waals surface area (Å²) in [6, 6.07) is 3.97. The third kappa shape index (κ3) is 3.90. The number of anilines is 1. The molecule has 0 bridgehead atoms. The molecule has 0 saturated heterocycles.